The van der Waals surface area contributed by atoms with Crippen LogP contribution in [0, 0.1) is 0 Å². The fraction of sp³-hybridized carbons (Fsp3) is 0.0909. The van der Waals surface area contributed by atoms with Gasteiger partial charge in [0.1, 0.15) is 0 Å². The molecule has 3 nitrogen and oxygen atoms in total. The minimum Gasteiger partial charge on any atom is -0.255 e. The lowest BCUT2D eigenvalue weighted by Gasteiger charge is -2.21. The summed E-state index contributed by atoms with van der Waals surface area (Å²) in [7, 11) is 0. The van der Waals surface area contributed by atoms with Gasteiger partial charge in [-0.25, -0.2) is 4.90 Å². The van der Waals surface area contributed by atoms with Crippen LogP contribution in [-0.4, -0.2) is 10.3 Å². The highest BCUT2D eigenvalue weighted by molar-refractivity contribution is 6.63. The maximum atomic E-state index is 11.2. The van der Waals surface area contributed by atoms with E-state index in [2.05, 4.69) is 0 Å². The van der Waals surface area contributed by atoms with Crippen molar-refractivity contribution in [1.82, 2.24) is 4.90 Å². The molecular weight excluding hydrogens is 212 g/mol. The molecule has 0 aliphatic carbocycles. The Labute approximate surface area is 92.9 Å². The summed E-state index contributed by atoms with van der Waals surface area (Å²) < 4.78 is 1.90. The van der Waals surface area contributed by atoms with Crippen LogP contribution in [0.4, 0.5) is 4.79 Å². The van der Waals surface area contributed by atoms with Crippen molar-refractivity contribution >= 4 is 17.0 Å². The highest BCUT2D eigenvalue weighted by Crippen LogP contribution is 2.15. The summed E-state index contributed by atoms with van der Waals surface area (Å²) >= 11 is 5.49. The van der Waals surface area contributed by atoms with E-state index in [0.717, 1.165) is 0 Å². The zero-order valence-corrected chi connectivity index (χ0v) is 8.71. The van der Waals surface area contributed by atoms with Crippen LogP contribution in [0.1, 0.15) is 6.17 Å². The lowest BCUT2D eigenvalue weighted by molar-refractivity contribution is -0.727. The zero-order chi connectivity index (χ0) is 10.7. The Bertz CT molecular complexity index is 414. The van der Waals surface area contributed by atoms with Gasteiger partial charge in [0.15, 0.2) is 12.4 Å². The fourth-order valence-corrected chi connectivity index (χ4v) is 1.64. The molecule has 2 heterocycles. The second-order valence-electron chi connectivity index (χ2n) is 3.12. The number of hydrogen-bond acceptors (Lipinski definition) is 1. The molecule has 1 amide bonds. The number of carbonyl (C=O) groups is 1. The fourth-order valence-electron chi connectivity index (χ4n) is 1.48. The third kappa shape index (κ3) is 2.07. The Morgan fingerprint density at radius 3 is 2.60 bits per heavy atom. The number of hydrogen-bond donors (Lipinski definition) is 0. The molecule has 1 atom stereocenters. The van der Waals surface area contributed by atoms with E-state index in [-0.39, 0.29) is 6.17 Å². The van der Waals surface area contributed by atoms with Crippen LogP contribution < -0.4 is 4.57 Å². The predicted octanol–water partition coefficient (Wildman–Crippen LogP) is 2.22. The Morgan fingerprint density at radius 1 is 1.20 bits per heavy atom. The van der Waals surface area contributed by atoms with Crippen LogP contribution in [0.5, 0.6) is 0 Å². The Balaban J connectivity index is 2.32. The molecule has 0 saturated heterocycles. The molecule has 0 spiro atoms. The minimum atomic E-state index is -0.489. The summed E-state index contributed by atoms with van der Waals surface area (Å²) in [4.78, 5) is 12.6. The van der Waals surface area contributed by atoms with E-state index >= 15 is 0 Å². The zero-order valence-electron chi connectivity index (χ0n) is 7.95. The number of rotatable bonds is 1. The SMILES string of the molecule is O=C(Cl)N1C=CC=C[C@@H]1[n+]1ccccc1. The van der Waals surface area contributed by atoms with E-state index in [1.807, 2.05) is 47.3 Å². The maximum absolute atomic E-state index is 11.2. The van der Waals surface area contributed by atoms with Crippen molar-refractivity contribution < 1.29 is 9.36 Å². The molecule has 0 bridgehead atoms. The van der Waals surface area contributed by atoms with E-state index in [9.17, 15) is 4.79 Å². The average molecular weight is 222 g/mol. The largest absolute Gasteiger partial charge is 0.325 e. The Kier molecular flexibility index (Phi) is 2.83. The molecule has 2 rings (SSSR count). The van der Waals surface area contributed by atoms with Crippen LogP contribution in [0.15, 0.2) is 55.0 Å². The maximum Gasteiger partial charge on any atom is 0.325 e. The summed E-state index contributed by atoms with van der Waals surface area (Å²) in [5.74, 6) is 0. The van der Waals surface area contributed by atoms with Crippen molar-refractivity contribution in [3.05, 3.63) is 55.0 Å². The molecule has 1 aromatic heterocycles. The number of aromatic nitrogens is 1. The van der Waals surface area contributed by atoms with E-state index in [0.29, 0.717) is 0 Å². The van der Waals surface area contributed by atoms with Crippen LogP contribution >= 0.6 is 11.6 Å². The van der Waals surface area contributed by atoms with E-state index in [4.69, 9.17) is 11.6 Å². The van der Waals surface area contributed by atoms with E-state index in [1.54, 1.807) is 12.3 Å². The van der Waals surface area contributed by atoms with Gasteiger partial charge in [0.2, 0.25) is 0 Å². The quantitative estimate of drug-likeness (QED) is 0.405. The average Bonchev–Trinajstić information content (AvgIpc) is 2.30. The number of amides is 1. The van der Waals surface area contributed by atoms with Gasteiger partial charge in [-0.1, -0.05) is 12.1 Å². The van der Waals surface area contributed by atoms with Gasteiger partial charge >= 0.3 is 5.37 Å². The predicted molar refractivity (Wildman–Crippen MR) is 57.0 cm³/mol. The molecule has 0 radical (unpaired) electrons. The van der Waals surface area contributed by atoms with Crippen LogP contribution in [-0.2, 0) is 0 Å². The van der Waals surface area contributed by atoms with Crippen LogP contribution in [0.2, 0.25) is 0 Å². The molecule has 0 N–H and O–H groups in total. The summed E-state index contributed by atoms with van der Waals surface area (Å²) in [5, 5.41) is -0.489. The lowest BCUT2D eigenvalue weighted by Crippen LogP contribution is -2.47. The second-order valence-corrected chi connectivity index (χ2v) is 3.45. The van der Waals surface area contributed by atoms with Crippen molar-refractivity contribution in [2.45, 2.75) is 6.17 Å². The van der Waals surface area contributed by atoms with Gasteiger partial charge in [-0.15, -0.1) is 0 Å². The minimum absolute atomic E-state index is 0.179. The summed E-state index contributed by atoms with van der Waals surface area (Å²) in [6.07, 6.45) is 10.8. The molecule has 15 heavy (non-hydrogen) atoms. The smallest absolute Gasteiger partial charge is 0.255 e. The van der Waals surface area contributed by atoms with E-state index in [1.165, 1.54) is 4.90 Å². The first-order valence-corrected chi connectivity index (χ1v) is 4.95. The van der Waals surface area contributed by atoms with Crippen LogP contribution in [0.25, 0.3) is 0 Å². The van der Waals surface area contributed by atoms with Crippen LogP contribution in [0.3, 0.4) is 0 Å². The van der Waals surface area contributed by atoms with Gasteiger partial charge in [-0.2, -0.15) is 4.57 Å². The summed E-state index contributed by atoms with van der Waals surface area (Å²) in [5.41, 5.74) is 0. The van der Waals surface area contributed by atoms with Crippen molar-refractivity contribution in [2.24, 2.45) is 0 Å². The normalized spacial score (nSPS) is 19.3. The van der Waals surface area contributed by atoms with Gasteiger partial charge in [-0.3, -0.25) is 4.79 Å². The number of halogens is 1. The van der Waals surface area contributed by atoms with Gasteiger partial charge in [-0.05, 0) is 17.7 Å². The molecule has 1 aliphatic rings. The van der Waals surface area contributed by atoms with Crippen molar-refractivity contribution in [1.29, 1.82) is 0 Å². The molecule has 0 aromatic carbocycles. The first-order valence-electron chi connectivity index (χ1n) is 4.57. The monoisotopic (exact) mass is 221 g/mol. The number of pyridine rings is 1. The summed E-state index contributed by atoms with van der Waals surface area (Å²) in [6, 6.07) is 5.73. The lowest BCUT2D eigenvalue weighted by atomic mass is 10.3. The Hall–Kier alpha value is -1.61. The summed E-state index contributed by atoms with van der Waals surface area (Å²) in [6.45, 7) is 0. The molecule has 0 saturated carbocycles. The van der Waals surface area contributed by atoms with Crippen molar-refractivity contribution in [3.8, 4) is 0 Å². The third-order valence-electron chi connectivity index (χ3n) is 2.17. The standard InChI is InChI=1S/C11H10ClN2O/c12-11(15)14-9-5-2-6-10(14)13-7-3-1-4-8-13/h1-10H/q+1/t10-/m1/s1. The molecular formula is C11H10ClN2O+. The first kappa shape index (κ1) is 9.93. The second kappa shape index (κ2) is 4.28. The topological polar surface area (TPSA) is 24.2 Å². The molecule has 0 fully saturated rings. The number of allylic oxidation sites excluding steroid dienone is 2. The molecule has 1 aliphatic heterocycles. The molecule has 4 heteroatoms. The highest BCUT2D eigenvalue weighted by Gasteiger charge is 2.26. The third-order valence-corrected chi connectivity index (χ3v) is 2.37. The molecule has 0 unspecified atom stereocenters. The van der Waals surface area contributed by atoms with E-state index < -0.39 is 5.37 Å². The number of nitrogens with zero attached hydrogens (tertiary/aromatic N) is 2. The first-order chi connectivity index (χ1) is 7.29. The molecule has 1 aromatic rings. The Morgan fingerprint density at radius 2 is 1.93 bits per heavy atom. The van der Waals surface area contributed by atoms with Gasteiger partial charge in [0.25, 0.3) is 6.17 Å². The molecule has 76 valence electrons. The van der Waals surface area contributed by atoms with Gasteiger partial charge < -0.3 is 0 Å². The number of carbonyl (C=O) groups excluding carboxylic acids is 1. The van der Waals surface area contributed by atoms with Crippen molar-refractivity contribution in [3.63, 3.8) is 0 Å². The highest BCUT2D eigenvalue weighted by atomic mass is 35.5. The van der Waals surface area contributed by atoms with Gasteiger partial charge in [0.05, 0.1) is 0 Å². The van der Waals surface area contributed by atoms with Gasteiger partial charge in [0, 0.05) is 24.4 Å². The van der Waals surface area contributed by atoms with Crippen molar-refractivity contribution in [2.75, 3.05) is 0 Å².